The summed E-state index contributed by atoms with van der Waals surface area (Å²) in [5.41, 5.74) is 9.98. The second-order valence-electron chi connectivity index (χ2n) is 9.13. The topological polar surface area (TPSA) is 9.86 Å². The van der Waals surface area contributed by atoms with Crippen molar-refractivity contribution in [1.29, 1.82) is 0 Å². The van der Waals surface area contributed by atoms with Crippen LogP contribution < -0.4 is 0 Å². The van der Waals surface area contributed by atoms with Crippen LogP contribution in [0.5, 0.6) is 0 Å². The maximum atomic E-state index is 2.43. The Balaban J connectivity index is 1.74. The first-order valence-corrected chi connectivity index (χ1v) is 11.8. The van der Waals surface area contributed by atoms with Crippen LogP contribution in [-0.4, -0.2) is 9.13 Å². The highest BCUT2D eigenvalue weighted by atomic mass is 15.0. The fourth-order valence-electron chi connectivity index (χ4n) is 5.67. The van der Waals surface area contributed by atoms with Gasteiger partial charge in [0.2, 0.25) is 0 Å². The number of benzene rings is 5. The molecule has 162 valence electrons. The average molecular weight is 437 g/mol. The van der Waals surface area contributed by atoms with Crippen molar-refractivity contribution >= 4 is 43.6 Å². The molecule has 2 heteroatoms. The van der Waals surface area contributed by atoms with Crippen LogP contribution in [0.4, 0.5) is 0 Å². The van der Waals surface area contributed by atoms with Gasteiger partial charge in [0, 0.05) is 32.9 Å². The molecule has 0 saturated heterocycles. The van der Waals surface area contributed by atoms with Crippen molar-refractivity contribution in [3.05, 3.63) is 120 Å². The Labute approximate surface area is 198 Å². The van der Waals surface area contributed by atoms with Crippen LogP contribution in [0.1, 0.15) is 11.1 Å². The molecule has 2 nitrogen and oxygen atoms in total. The molecule has 0 N–H and O–H groups in total. The van der Waals surface area contributed by atoms with Crippen LogP contribution in [0.2, 0.25) is 0 Å². The lowest BCUT2D eigenvalue weighted by molar-refractivity contribution is 1.14. The minimum absolute atomic E-state index is 1.23. The average Bonchev–Trinajstić information content (AvgIpc) is 3.38. The molecule has 0 radical (unpaired) electrons. The second kappa shape index (κ2) is 7.10. The minimum atomic E-state index is 1.23. The molecule has 0 atom stereocenters. The van der Waals surface area contributed by atoms with Gasteiger partial charge in [-0.3, -0.25) is 0 Å². The summed E-state index contributed by atoms with van der Waals surface area (Å²) in [4.78, 5) is 0. The van der Waals surface area contributed by atoms with E-state index < -0.39 is 0 Å². The zero-order chi connectivity index (χ0) is 22.8. The first kappa shape index (κ1) is 19.2. The highest BCUT2D eigenvalue weighted by Crippen LogP contribution is 2.42. The van der Waals surface area contributed by atoms with Gasteiger partial charge in [-0.15, -0.1) is 0 Å². The van der Waals surface area contributed by atoms with E-state index in [2.05, 4.69) is 132 Å². The molecular formula is C32H24N2. The molecule has 0 aliphatic carbocycles. The van der Waals surface area contributed by atoms with Gasteiger partial charge < -0.3 is 9.13 Å². The third-order valence-electron chi connectivity index (χ3n) is 7.18. The Hall–Kier alpha value is -4.30. The molecule has 7 aromatic rings. The van der Waals surface area contributed by atoms with Gasteiger partial charge in [0.05, 0.1) is 22.1 Å². The maximum absolute atomic E-state index is 2.43. The third kappa shape index (κ3) is 2.51. The van der Waals surface area contributed by atoms with Crippen LogP contribution in [-0.2, 0) is 0 Å². The molecule has 34 heavy (non-hydrogen) atoms. The van der Waals surface area contributed by atoms with Crippen molar-refractivity contribution in [3.8, 4) is 11.4 Å². The first-order valence-electron chi connectivity index (χ1n) is 11.8. The lowest BCUT2D eigenvalue weighted by Gasteiger charge is -2.12. The highest BCUT2D eigenvalue weighted by Gasteiger charge is 2.20. The quantitative estimate of drug-likeness (QED) is 0.257. The molecule has 5 aromatic carbocycles. The normalized spacial score (nSPS) is 11.8. The van der Waals surface area contributed by atoms with Crippen molar-refractivity contribution in [2.24, 2.45) is 0 Å². The molecular weight excluding hydrogens is 412 g/mol. The van der Waals surface area contributed by atoms with Crippen molar-refractivity contribution in [2.45, 2.75) is 13.8 Å². The van der Waals surface area contributed by atoms with Crippen LogP contribution in [0, 0.1) is 13.8 Å². The zero-order valence-electron chi connectivity index (χ0n) is 19.3. The number of rotatable bonds is 2. The predicted octanol–water partition coefficient (Wildman–Crippen LogP) is 8.50. The van der Waals surface area contributed by atoms with E-state index in [1.807, 2.05) is 0 Å². The Morgan fingerprint density at radius 2 is 0.765 bits per heavy atom. The second-order valence-corrected chi connectivity index (χ2v) is 9.13. The molecule has 7 rings (SSSR count). The van der Waals surface area contributed by atoms with E-state index >= 15 is 0 Å². The van der Waals surface area contributed by atoms with Gasteiger partial charge in [0.25, 0.3) is 0 Å². The summed E-state index contributed by atoms with van der Waals surface area (Å²) < 4.78 is 4.86. The third-order valence-corrected chi connectivity index (χ3v) is 7.18. The van der Waals surface area contributed by atoms with Crippen molar-refractivity contribution in [3.63, 3.8) is 0 Å². The van der Waals surface area contributed by atoms with Gasteiger partial charge in [-0.2, -0.15) is 0 Å². The molecule has 0 aliphatic rings. The van der Waals surface area contributed by atoms with Gasteiger partial charge in [-0.1, -0.05) is 72.8 Å². The number of aromatic nitrogens is 2. The summed E-state index contributed by atoms with van der Waals surface area (Å²) in [7, 11) is 0. The number of fused-ring (bicyclic) bond motifs is 7. The molecule has 0 bridgehead atoms. The fourth-order valence-corrected chi connectivity index (χ4v) is 5.67. The summed E-state index contributed by atoms with van der Waals surface area (Å²) >= 11 is 0. The van der Waals surface area contributed by atoms with E-state index in [1.165, 1.54) is 66.1 Å². The van der Waals surface area contributed by atoms with E-state index in [4.69, 9.17) is 0 Å². The smallest absolute Gasteiger partial charge is 0.0549 e. The zero-order valence-corrected chi connectivity index (χ0v) is 19.3. The van der Waals surface area contributed by atoms with Crippen molar-refractivity contribution in [2.75, 3.05) is 0 Å². The molecule has 0 unspecified atom stereocenters. The van der Waals surface area contributed by atoms with Crippen LogP contribution >= 0.6 is 0 Å². The summed E-state index contributed by atoms with van der Waals surface area (Å²) in [6, 6.07) is 39.6. The Morgan fingerprint density at radius 3 is 1.21 bits per heavy atom. The molecule has 2 aromatic heterocycles. The van der Waals surface area contributed by atoms with E-state index in [-0.39, 0.29) is 0 Å². The summed E-state index contributed by atoms with van der Waals surface area (Å²) in [5.74, 6) is 0. The number of para-hydroxylation sites is 4. The van der Waals surface area contributed by atoms with E-state index in [1.54, 1.807) is 0 Å². The van der Waals surface area contributed by atoms with E-state index in [0.717, 1.165) is 0 Å². The first-order chi connectivity index (χ1) is 16.7. The standard InChI is InChI=1S/C32H24N2/c1-21-11-3-7-15-25(21)33-27-17-9-5-13-23(27)31-29(33)19-20-30-32(31)24-14-6-10-18-28(24)34(30)26-16-8-4-12-22(26)2/h3-20H,1-2H3. The Bertz CT molecular complexity index is 1740. The van der Waals surface area contributed by atoms with Crippen molar-refractivity contribution in [1.82, 2.24) is 9.13 Å². The highest BCUT2D eigenvalue weighted by molar-refractivity contribution is 6.28. The number of aryl methyl sites for hydroxylation is 2. The van der Waals surface area contributed by atoms with Crippen LogP contribution in [0.25, 0.3) is 55.0 Å². The van der Waals surface area contributed by atoms with Gasteiger partial charge in [0.1, 0.15) is 0 Å². The molecule has 0 fully saturated rings. The lowest BCUT2D eigenvalue weighted by atomic mass is 10.1. The van der Waals surface area contributed by atoms with Crippen LogP contribution in [0.15, 0.2) is 109 Å². The number of hydrogen-bond acceptors (Lipinski definition) is 0. The molecule has 0 aliphatic heterocycles. The lowest BCUT2D eigenvalue weighted by Crippen LogP contribution is -1.97. The largest absolute Gasteiger partial charge is 0.309 e. The predicted molar refractivity (Wildman–Crippen MR) is 145 cm³/mol. The minimum Gasteiger partial charge on any atom is -0.309 e. The van der Waals surface area contributed by atoms with E-state index in [9.17, 15) is 0 Å². The number of hydrogen-bond donors (Lipinski definition) is 0. The fraction of sp³-hybridized carbons (Fsp3) is 0.0625. The summed E-state index contributed by atoms with van der Waals surface area (Å²) in [6.07, 6.45) is 0. The summed E-state index contributed by atoms with van der Waals surface area (Å²) in [6.45, 7) is 4.39. The maximum Gasteiger partial charge on any atom is 0.0549 e. The SMILES string of the molecule is Cc1ccccc1-n1c2ccccc2c2c3c4ccccc4n(-c4ccccc4C)c3ccc21. The Morgan fingerprint density at radius 1 is 0.382 bits per heavy atom. The Kier molecular flexibility index (Phi) is 4.01. The van der Waals surface area contributed by atoms with Gasteiger partial charge in [0.15, 0.2) is 0 Å². The molecule has 0 saturated carbocycles. The van der Waals surface area contributed by atoms with Gasteiger partial charge in [-0.25, -0.2) is 0 Å². The number of nitrogens with zero attached hydrogens (tertiary/aromatic N) is 2. The van der Waals surface area contributed by atoms with Gasteiger partial charge >= 0.3 is 0 Å². The van der Waals surface area contributed by atoms with E-state index in [0.29, 0.717) is 0 Å². The molecule has 2 heterocycles. The van der Waals surface area contributed by atoms with Crippen molar-refractivity contribution < 1.29 is 0 Å². The van der Waals surface area contributed by atoms with Gasteiger partial charge in [-0.05, 0) is 61.4 Å². The van der Waals surface area contributed by atoms with Crippen LogP contribution in [0.3, 0.4) is 0 Å². The molecule has 0 amide bonds. The summed E-state index contributed by atoms with van der Waals surface area (Å²) in [5, 5.41) is 5.22. The monoisotopic (exact) mass is 436 g/mol. The molecule has 0 spiro atoms.